The van der Waals surface area contributed by atoms with Gasteiger partial charge in [0.2, 0.25) is 5.91 Å². The Morgan fingerprint density at radius 1 is 1.44 bits per heavy atom. The average molecular weight is 231 g/mol. The Morgan fingerprint density at radius 3 is 2.50 bits per heavy atom. The van der Waals surface area contributed by atoms with Gasteiger partial charge in [-0.25, -0.2) is 0 Å². The van der Waals surface area contributed by atoms with E-state index in [2.05, 4.69) is 10.6 Å². The molecule has 5 nitrogen and oxygen atoms in total. The molecular formula is C11H25N3O2. The van der Waals surface area contributed by atoms with Gasteiger partial charge in [0.05, 0.1) is 6.61 Å². The van der Waals surface area contributed by atoms with Crippen molar-refractivity contribution in [1.82, 2.24) is 10.6 Å². The van der Waals surface area contributed by atoms with Crippen LogP contribution in [0.25, 0.3) is 0 Å². The van der Waals surface area contributed by atoms with Crippen LogP contribution < -0.4 is 16.4 Å². The summed E-state index contributed by atoms with van der Waals surface area (Å²) in [5.74, 6) is 0.0212. The molecule has 0 spiro atoms. The van der Waals surface area contributed by atoms with E-state index in [9.17, 15) is 4.79 Å². The quantitative estimate of drug-likeness (QED) is 0.533. The van der Waals surface area contributed by atoms with Crippen LogP contribution in [0.2, 0.25) is 0 Å². The van der Waals surface area contributed by atoms with E-state index in [1.54, 1.807) is 7.11 Å². The average Bonchev–Trinajstić information content (AvgIpc) is 2.13. The molecule has 1 unspecified atom stereocenters. The molecule has 0 rings (SSSR count). The van der Waals surface area contributed by atoms with Crippen LogP contribution in [0.4, 0.5) is 0 Å². The van der Waals surface area contributed by atoms with E-state index in [0.29, 0.717) is 26.1 Å². The predicted octanol–water partition coefficient (Wildman–Crippen LogP) is -0.145. The maximum Gasteiger partial charge on any atom is 0.222 e. The number of methoxy groups -OCH3 is 1. The maximum atomic E-state index is 11.6. The number of ether oxygens (including phenoxy) is 1. The lowest BCUT2D eigenvalue weighted by Gasteiger charge is -2.23. The Morgan fingerprint density at radius 2 is 2.06 bits per heavy atom. The summed E-state index contributed by atoms with van der Waals surface area (Å²) in [6.45, 7) is 7.65. The summed E-state index contributed by atoms with van der Waals surface area (Å²) in [7, 11) is 1.64. The Labute approximate surface area is 98.1 Å². The van der Waals surface area contributed by atoms with Gasteiger partial charge in [-0.05, 0) is 20.8 Å². The van der Waals surface area contributed by atoms with E-state index in [1.165, 1.54) is 0 Å². The molecule has 16 heavy (non-hydrogen) atoms. The van der Waals surface area contributed by atoms with Crippen LogP contribution >= 0.6 is 0 Å². The van der Waals surface area contributed by atoms with Gasteiger partial charge >= 0.3 is 0 Å². The standard InChI is InChI=1S/C11H25N3O2/c1-11(2,3)14-10(15)7-9(8-12)13-5-6-16-4/h9,13H,5-8,12H2,1-4H3,(H,14,15). The minimum absolute atomic E-state index is 0.0116. The normalized spacial score (nSPS) is 13.6. The van der Waals surface area contributed by atoms with Crippen molar-refractivity contribution in [2.75, 3.05) is 26.8 Å². The van der Waals surface area contributed by atoms with Crippen molar-refractivity contribution in [2.24, 2.45) is 5.73 Å². The second-order valence-electron chi connectivity index (χ2n) is 4.88. The first-order chi connectivity index (χ1) is 7.39. The summed E-state index contributed by atoms with van der Waals surface area (Å²) >= 11 is 0. The summed E-state index contributed by atoms with van der Waals surface area (Å²) in [6.07, 6.45) is 0.400. The van der Waals surface area contributed by atoms with Crippen LogP contribution in [0.1, 0.15) is 27.2 Å². The van der Waals surface area contributed by atoms with E-state index in [4.69, 9.17) is 10.5 Å². The number of nitrogens with two attached hydrogens (primary N) is 1. The molecule has 4 N–H and O–H groups in total. The van der Waals surface area contributed by atoms with Gasteiger partial charge in [0, 0.05) is 38.2 Å². The molecule has 0 aliphatic heterocycles. The maximum absolute atomic E-state index is 11.6. The second kappa shape index (κ2) is 7.60. The first-order valence-electron chi connectivity index (χ1n) is 5.62. The number of hydrogen-bond acceptors (Lipinski definition) is 4. The first kappa shape index (κ1) is 15.3. The lowest BCUT2D eigenvalue weighted by Crippen LogP contribution is -2.46. The van der Waals surface area contributed by atoms with Gasteiger partial charge < -0.3 is 21.1 Å². The van der Waals surface area contributed by atoms with Crippen LogP contribution in [0.5, 0.6) is 0 Å². The highest BCUT2D eigenvalue weighted by molar-refractivity contribution is 5.77. The van der Waals surface area contributed by atoms with Crippen molar-refractivity contribution >= 4 is 5.91 Å². The van der Waals surface area contributed by atoms with Crippen LogP contribution in [0.15, 0.2) is 0 Å². The fourth-order valence-corrected chi connectivity index (χ4v) is 1.30. The van der Waals surface area contributed by atoms with Crippen LogP contribution in [-0.4, -0.2) is 44.3 Å². The highest BCUT2D eigenvalue weighted by Crippen LogP contribution is 2.00. The molecule has 0 aliphatic carbocycles. The summed E-state index contributed by atoms with van der Waals surface area (Å²) in [4.78, 5) is 11.6. The van der Waals surface area contributed by atoms with Crippen molar-refractivity contribution in [3.63, 3.8) is 0 Å². The van der Waals surface area contributed by atoms with Crippen LogP contribution in [-0.2, 0) is 9.53 Å². The minimum atomic E-state index is -0.192. The zero-order valence-corrected chi connectivity index (χ0v) is 10.8. The number of nitrogens with one attached hydrogen (secondary N) is 2. The summed E-state index contributed by atoms with van der Waals surface area (Å²) in [6, 6.07) is 0.0116. The van der Waals surface area contributed by atoms with Crippen LogP contribution in [0, 0.1) is 0 Å². The Hall–Kier alpha value is -0.650. The smallest absolute Gasteiger partial charge is 0.222 e. The van der Waals surface area contributed by atoms with Crippen LogP contribution in [0.3, 0.4) is 0 Å². The lowest BCUT2D eigenvalue weighted by molar-refractivity contribution is -0.122. The zero-order valence-electron chi connectivity index (χ0n) is 10.8. The molecule has 0 aromatic rings. The summed E-state index contributed by atoms with van der Waals surface area (Å²) in [5, 5.41) is 6.08. The monoisotopic (exact) mass is 231 g/mol. The minimum Gasteiger partial charge on any atom is -0.383 e. The molecule has 1 amide bonds. The van der Waals surface area contributed by atoms with E-state index >= 15 is 0 Å². The summed E-state index contributed by atoms with van der Waals surface area (Å²) in [5.41, 5.74) is 5.39. The van der Waals surface area contributed by atoms with Gasteiger partial charge in [0.1, 0.15) is 0 Å². The van der Waals surface area contributed by atoms with E-state index in [-0.39, 0.29) is 17.5 Å². The zero-order chi connectivity index (χ0) is 12.6. The third kappa shape index (κ3) is 8.64. The molecule has 0 aromatic carbocycles. The summed E-state index contributed by atoms with van der Waals surface area (Å²) < 4.78 is 4.92. The van der Waals surface area contributed by atoms with Gasteiger partial charge in [-0.1, -0.05) is 0 Å². The van der Waals surface area contributed by atoms with Crippen molar-refractivity contribution < 1.29 is 9.53 Å². The second-order valence-corrected chi connectivity index (χ2v) is 4.88. The number of hydrogen-bond donors (Lipinski definition) is 3. The molecule has 0 heterocycles. The number of amides is 1. The molecule has 0 saturated carbocycles. The molecule has 0 bridgehead atoms. The molecule has 0 fully saturated rings. The Bertz CT molecular complexity index is 202. The number of carbonyl (C=O) groups excluding carboxylic acids is 1. The van der Waals surface area contributed by atoms with E-state index < -0.39 is 0 Å². The predicted molar refractivity (Wildman–Crippen MR) is 65.2 cm³/mol. The molecule has 96 valence electrons. The van der Waals surface area contributed by atoms with Gasteiger partial charge in [-0.2, -0.15) is 0 Å². The molecule has 5 heteroatoms. The highest BCUT2D eigenvalue weighted by Gasteiger charge is 2.17. The first-order valence-corrected chi connectivity index (χ1v) is 5.62. The molecular weight excluding hydrogens is 206 g/mol. The Kier molecular flexibility index (Phi) is 7.29. The van der Waals surface area contributed by atoms with Crippen molar-refractivity contribution in [1.29, 1.82) is 0 Å². The van der Waals surface area contributed by atoms with E-state index in [0.717, 1.165) is 0 Å². The van der Waals surface area contributed by atoms with E-state index in [1.807, 2.05) is 20.8 Å². The molecule has 0 aromatic heterocycles. The topological polar surface area (TPSA) is 76.4 Å². The highest BCUT2D eigenvalue weighted by atomic mass is 16.5. The van der Waals surface area contributed by atoms with Crippen molar-refractivity contribution in [2.45, 2.75) is 38.8 Å². The molecule has 1 atom stereocenters. The SMILES string of the molecule is COCCNC(CN)CC(=O)NC(C)(C)C. The largest absolute Gasteiger partial charge is 0.383 e. The third-order valence-corrected chi connectivity index (χ3v) is 1.97. The fourth-order valence-electron chi connectivity index (χ4n) is 1.30. The Balaban J connectivity index is 3.88. The third-order valence-electron chi connectivity index (χ3n) is 1.97. The lowest BCUT2D eigenvalue weighted by atomic mass is 10.1. The van der Waals surface area contributed by atoms with Gasteiger partial charge in [0.25, 0.3) is 0 Å². The van der Waals surface area contributed by atoms with Crippen molar-refractivity contribution in [3.8, 4) is 0 Å². The molecule has 0 saturated heterocycles. The van der Waals surface area contributed by atoms with Crippen molar-refractivity contribution in [3.05, 3.63) is 0 Å². The number of carbonyl (C=O) groups is 1. The van der Waals surface area contributed by atoms with Gasteiger partial charge in [-0.15, -0.1) is 0 Å². The number of rotatable bonds is 7. The molecule has 0 radical (unpaired) electrons. The molecule has 0 aliphatic rings. The van der Waals surface area contributed by atoms with Gasteiger partial charge in [-0.3, -0.25) is 4.79 Å². The van der Waals surface area contributed by atoms with Gasteiger partial charge in [0.15, 0.2) is 0 Å². The fraction of sp³-hybridized carbons (Fsp3) is 0.909.